The molecule has 0 radical (unpaired) electrons. The second-order valence-electron chi connectivity index (χ2n) is 3.10. The summed E-state index contributed by atoms with van der Waals surface area (Å²) in [7, 11) is 1.66. The molecule has 2 N–H and O–H groups in total. The fourth-order valence-corrected chi connectivity index (χ4v) is 1.69. The molecular formula is C10H12N2O. The second kappa shape index (κ2) is 3.09. The van der Waals surface area contributed by atoms with Gasteiger partial charge < -0.3 is 10.6 Å². The quantitative estimate of drug-likeness (QED) is 0.518. The molecule has 13 heavy (non-hydrogen) atoms. The van der Waals surface area contributed by atoms with Crippen molar-refractivity contribution in [2.24, 2.45) is 10.9 Å². The Morgan fingerprint density at radius 3 is 2.92 bits per heavy atom. The van der Waals surface area contributed by atoms with Gasteiger partial charge in [-0.3, -0.25) is 0 Å². The van der Waals surface area contributed by atoms with Crippen LogP contribution >= 0.6 is 0 Å². The molecule has 0 fully saturated rings. The topological polar surface area (TPSA) is 47.6 Å². The van der Waals surface area contributed by atoms with Crippen LogP contribution in [0.4, 0.5) is 0 Å². The lowest BCUT2D eigenvalue weighted by molar-refractivity contribution is 0.414. The predicted molar refractivity (Wildman–Crippen MR) is 52.0 cm³/mol. The van der Waals surface area contributed by atoms with Crippen molar-refractivity contribution in [1.29, 1.82) is 0 Å². The minimum absolute atomic E-state index is 0.863. The van der Waals surface area contributed by atoms with Crippen molar-refractivity contribution in [3.8, 4) is 5.75 Å². The first-order valence-corrected chi connectivity index (χ1v) is 4.29. The Bertz CT molecular complexity index is 358. The van der Waals surface area contributed by atoms with E-state index >= 15 is 0 Å². The molecule has 1 aromatic carbocycles. The minimum atomic E-state index is 0.863. The first-order valence-electron chi connectivity index (χ1n) is 4.29. The highest BCUT2D eigenvalue weighted by atomic mass is 16.5. The van der Waals surface area contributed by atoms with E-state index in [-0.39, 0.29) is 0 Å². The molecular weight excluding hydrogens is 164 g/mol. The van der Waals surface area contributed by atoms with Crippen LogP contribution in [0.3, 0.4) is 0 Å². The number of benzene rings is 1. The van der Waals surface area contributed by atoms with E-state index in [0.29, 0.717) is 0 Å². The number of aryl methyl sites for hydroxylation is 1. The lowest BCUT2D eigenvalue weighted by atomic mass is 10.1. The van der Waals surface area contributed by atoms with Crippen LogP contribution in [0.1, 0.15) is 17.5 Å². The number of hydrogen-bond donors (Lipinski definition) is 1. The molecule has 0 unspecified atom stereocenters. The van der Waals surface area contributed by atoms with Crippen molar-refractivity contribution >= 4 is 5.71 Å². The molecule has 68 valence electrons. The summed E-state index contributed by atoms with van der Waals surface area (Å²) in [4.78, 5) is 0. The minimum Gasteiger partial charge on any atom is -0.497 e. The molecule has 0 saturated heterocycles. The monoisotopic (exact) mass is 176 g/mol. The smallest absolute Gasteiger partial charge is 0.119 e. The molecule has 0 amide bonds. The summed E-state index contributed by atoms with van der Waals surface area (Å²) in [6.07, 6.45) is 1.98. The Morgan fingerprint density at radius 1 is 1.38 bits per heavy atom. The van der Waals surface area contributed by atoms with Crippen LogP contribution in [0, 0.1) is 0 Å². The summed E-state index contributed by atoms with van der Waals surface area (Å²) in [6.45, 7) is 0. The lowest BCUT2D eigenvalue weighted by Gasteiger charge is -2.03. The maximum atomic E-state index is 5.29. The van der Waals surface area contributed by atoms with Gasteiger partial charge in [0.15, 0.2) is 0 Å². The summed E-state index contributed by atoms with van der Waals surface area (Å²) in [5, 5.41) is 3.77. The van der Waals surface area contributed by atoms with Gasteiger partial charge in [-0.2, -0.15) is 5.10 Å². The number of rotatable bonds is 1. The highest BCUT2D eigenvalue weighted by molar-refractivity contribution is 6.04. The van der Waals surface area contributed by atoms with Gasteiger partial charge in [-0.1, -0.05) is 6.07 Å². The number of ether oxygens (including phenoxy) is 1. The van der Waals surface area contributed by atoms with E-state index in [2.05, 4.69) is 11.2 Å². The Kier molecular flexibility index (Phi) is 1.93. The third-order valence-corrected chi connectivity index (χ3v) is 2.41. The average Bonchev–Trinajstić information content (AvgIpc) is 2.59. The average molecular weight is 176 g/mol. The van der Waals surface area contributed by atoms with E-state index in [1.54, 1.807) is 7.11 Å². The van der Waals surface area contributed by atoms with Crippen molar-refractivity contribution in [2.45, 2.75) is 12.8 Å². The van der Waals surface area contributed by atoms with Crippen molar-refractivity contribution in [2.75, 3.05) is 7.11 Å². The van der Waals surface area contributed by atoms with Gasteiger partial charge in [0.05, 0.1) is 12.8 Å². The van der Waals surface area contributed by atoms with Crippen LogP contribution in [0.25, 0.3) is 0 Å². The van der Waals surface area contributed by atoms with Gasteiger partial charge in [-0.25, -0.2) is 0 Å². The third-order valence-electron chi connectivity index (χ3n) is 2.41. The van der Waals surface area contributed by atoms with Gasteiger partial charge in [0.1, 0.15) is 5.75 Å². The first kappa shape index (κ1) is 8.10. The molecule has 0 atom stereocenters. The van der Waals surface area contributed by atoms with Crippen molar-refractivity contribution < 1.29 is 4.74 Å². The van der Waals surface area contributed by atoms with Crippen LogP contribution in [-0.2, 0) is 6.42 Å². The predicted octanol–water partition coefficient (Wildman–Crippen LogP) is 1.30. The van der Waals surface area contributed by atoms with Gasteiger partial charge in [-0.05, 0) is 30.5 Å². The maximum Gasteiger partial charge on any atom is 0.119 e. The van der Waals surface area contributed by atoms with Crippen LogP contribution in [0.15, 0.2) is 23.3 Å². The Morgan fingerprint density at radius 2 is 2.23 bits per heavy atom. The Labute approximate surface area is 77.2 Å². The zero-order valence-corrected chi connectivity index (χ0v) is 7.58. The number of nitrogens with zero attached hydrogens (tertiary/aromatic N) is 1. The van der Waals surface area contributed by atoms with Crippen molar-refractivity contribution in [3.63, 3.8) is 0 Å². The summed E-state index contributed by atoms with van der Waals surface area (Å²) in [5.41, 5.74) is 3.43. The first-order chi connectivity index (χ1) is 6.35. The van der Waals surface area contributed by atoms with Crippen LogP contribution in [0.5, 0.6) is 5.75 Å². The number of methoxy groups -OCH3 is 1. The molecule has 3 nitrogen and oxygen atoms in total. The highest BCUT2D eigenvalue weighted by Crippen LogP contribution is 2.26. The van der Waals surface area contributed by atoms with Gasteiger partial charge in [0.25, 0.3) is 0 Å². The van der Waals surface area contributed by atoms with E-state index in [1.807, 2.05) is 12.1 Å². The van der Waals surface area contributed by atoms with Gasteiger partial charge in [0.2, 0.25) is 0 Å². The zero-order chi connectivity index (χ0) is 9.26. The fraction of sp³-hybridized carbons (Fsp3) is 0.300. The maximum absolute atomic E-state index is 5.29. The number of hydrogen-bond acceptors (Lipinski definition) is 3. The van der Waals surface area contributed by atoms with E-state index < -0.39 is 0 Å². The van der Waals surface area contributed by atoms with Crippen LogP contribution in [-0.4, -0.2) is 12.8 Å². The molecule has 0 spiro atoms. The molecule has 0 aliphatic heterocycles. The van der Waals surface area contributed by atoms with Crippen molar-refractivity contribution in [3.05, 3.63) is 29.3 Å². The zero-order valence-electron chi connectivity index (χ0n) is 7.58. The lowest BCUT2D eigenvalue weighted by Crippen LogP contribution is -1.98. The molecule has 1 aliphatic carbocycles. The Hall–Kier alpha value is -1.51. The van der Waals surface area contributed by atoms with Gasteiger partial charge >= 0.3 is 0 Å². The normalized spacial score (nSPS) is 17.5. The molecule has 0 bridgehead atoms. The Balaban J connectivity index is 2.49. The largest absolute Gasteiger partial charge is 0.497 e. The molecule has 0 heterocycles. The highest BCUT2D eigenvalue weighted by Gasteiger charge is 2.17. The molecule has 0 aromatic heterocycles. The summed E-state index contributed by atoms with van der Waals surface area (Å²) in [5.74, 6) is 6.15. The molecule has 3 heteroatoms. The van der Waals surface area contributed by atoms with Crippen LogP contribution < -0.4 is 10.6 Å². The number of hydrazone groups is 1. The molecule has 1 aromatic rings. The number of fused-ring (bicyclic) bond motifs is 1. The summed E-state index contributed by atoms with van der Waals surface area (Å²) < 4.78 is 5.14. The summed E-state index contributed by atoms with van der Waals surface area (Å²) in [6, 6.07) is 6.04. The van der Waals surface area contributed by atoms with E-state index in [4.69, 9.17) is 10.6 Å². The van der Waals surface area contributed by atoms with Gasteiger partial charge in [0, 0.05) is 5.56 Å². The van der Waals surface area contributed by atoms with Gasteiger partial charge in [-0.15, -0.1) is 0 Å². The van der Waals surface area contributed by atoms with Crippen molar-refractivity contribution in [1.82, 2.24) is 0 Å². The second-order valence-corrected chi connectivity index (χ2v) is 3.10. The number of nitrogens with two attached hydrogens (primary N) is 1. The fourth-order valence-electron chi connectivity index (χ4n) is 1.69. The molecule has 1 aliphatic rings. The SMILES string of the molecule is COc1ccc2c(c1)C(=NN)CC2. The van der Waals surface area contributed by atoms with E-state index in [1.165, 1.54) is 5.56 Å². The molecule has 0 saturated carbocycles. The summed E-state index contributed by atoms with van der Waals surface area (Å²) >= 11 is 0. The van der Waals surface area contributed by atoms with E-state index in [0.717, 1.165) is 29.9 Å². The van der Waals surface area contributed by atoms with Crippen LogP contribution in [0.2, 0.25) is 0 Å². The third kappa shape index (κ3) is 1.26. The standard InChI is InChI=1S/C10H12N2O/c1-13-8-4-2-7-3-5-10(12-11)9(7)6-8/h2,4,6H,3,5,11H2,1H3. The molecule has 2 rings (SSSR count). The van der Waals surface area contributed by atoms with E-state index in [9.17, 15) is 0 Å².